The Hall–Kier alpha value is -1.02. The Morgan fingerprint density at radius 2 is 2.05 bits per heavy atom. The van der Waals surface area contributed by atoms with E-state index in [1.165, 1.54) is 24.1 Å². The first-order chi connectivity index (χ1) is 9.45. The van der Waals surface area contributed by atoms with Crippen LogP contribution < -0.4 is 10.2 Å². The monoisotopic (exact) mass is 274 g/mol. The van der Waals surface area contributed by atoms with Crippen LogP contribution in [0.2, 0.25) is 0 Å². The van der Waals surface area contributed by atoms with E-state index in [0.29, 0.717) is 12.1 Å². The Kier molecular flexibility index (Phi) is 4.74. The number of nitrogens with one attached hydrogen (secondary N) is 1. The number of fused-ring (bicyclic) bond motifs is 1. The van der Waals surface area contributed by atoms with Gasteiger partial charge in [0.05, 0.1) is 0 Å². The standard InChI is InChI=1S/C18H30N2/c1-6-11-19-15(3)18(4,5)13-20-14(2)12-16-9-7-8-10-17(16)20/h7-10,14-15,19H,6,11-13H2,1-5H3. The minimum Gasteiger partial charge on any atom is -0.368 e. The maximum Gasteiger partial charge on any atom is 0.0402 e. The van der Waals surface area contributed by atoms with E-state index in [1.54, 1.807) is 0 Å². The zero-order valence-corrected chi connectivity index (χ0v) is 13.7. The van der Waals surface area contributed by atoms with Gasteiger partial charge in [-0.05, 0) is 50.3 Å². The van der Waals surface area contributed by atoms with Gasteiger partial charge in [-0.2, -0.15) is 0 Å². The highest BCUT2D eigenvalue weighted by atomic mass is 15.2. The van der Waals surface area contributed by atoms with E-state index >= 15 is 0 Å². The molecule has 1 aliphatic heterocycles. The first-order valence-electron chi connectivity index (χ1n) is 8.03. The van der Waals surface area contributed by atoms with Gasteiger partial charge in [0, 0.05) is 24.3 Å². The summed E-state index contributed by atoms with van der Waals surface area (Å²) in [6.45, 7) is 13.9. The highest BCUT2D eigenvalue weighted by Crippen LogP contribution is 2.35. The van der Waals surface area contributed by atoms with Crippen LogP contribution >= 0.6 is 0 Å². The molecule has 0 bridgehead atoms. The van der Waals surface area contributed by atoms with Gasteiger partial charge in [0.2, 0.25) is 0 Å². The van der Waals surface area contributed by atoms with Crippen LogP contribution in [-0.4, -0.2) is 25.2 Å². The molecule has 1 N–H and O–H groups in total. The van der Waals surface area contributed by atoms with Crippen molar-refractivity contribution in [2.24, 2.45) is 5.41 Å². The van der Waals surface area contributed by atoms with Gasteiger partial charge >= 0.3 is 0 Å². The fraction of sp³-hybridized carbons (Fsp3) is 0.667. The molecule has 1 aromatic rings. The summed E-state index contributed by atoms with van der Waals surface area (Å²) in [6, 6.07) is 10.0. The van der Waals surface area contributed by atoms with Crippen molar-refractivity contribution < 1.29 is 0 Å². The van der Waals surface area contributed by atoms with Crippen molar-refractivity contribution in [2.45, 2.75) is 59.5 Å². The molecular formula is C18H30N2. The fourth-order valence-electron chi connectivity index (χ4n) is 3.08. The Bertz CT molecular complexity index is 439. The fourth-order valence-corrected chi connectivity index (χ4v) is 3.08. The van der Waals surface area contributed by atoms with Crippen LogP contribution in [-0.2, 0) is 6.42 Å². The van der Waals surface area contributed by atoms with E-state index in [0.717, 1.165) is 13.1 Å². The number of hydrogen-bond donors (Lipinski definition) is 1. The first kappa shape index (κ1) is 15.4. The molecule has 0 saturated heterocycles. The molecule has 1 aliphatic rings. The number of anilines is 1. The quantitative estimate of drug-likeness (QED) is 0.847. The molecule has 112 valence electrons. The lowest BCUT2D eigenvalue weighted by Gasteiger charge is -2.39. The van der Waals surface area contributed by atoms with Crippen LogP contribution in [0.4, 0.5) is 5.69 Å². The molecule has 0 amide bonds. The summed E-state index contributed by atoms with van der Waals surface area (Å²) in [4.78, 5) is 2.60. The lowest BCUT2D eigenvalue weighted by Crippen LogP contribution is -2.48. The number of rotatable bonds is 6. The van der Waals surface area contributed by atoms with E-state index in [-0.39, 0.29) is 5.41 Å². The minimum absolute atomic E-state index is 0.265. The molecule has 2 rings (SSSR count). The average Bonchev–Trinajstić information content (AvgIpc) is 2.72. The number of benzene rings is 1. The topological polar surface area (TPSA) is 15.3 Å². The van der Waals surface area contributed by atoms with Crippen LogP contribution in [0.5, 0.6) is 0 Å². The lowest BCUT2D eigenvalue weighted by atomic mass is 9.84. The Morgan fingerprint density at radius 3 is 2.75 bits per heavy atom. The number of para-hydroxylation sites is 1. The van der Waals surface area contributed by atoms with Crippen molar-refractivity contribution in [3.05, 3.63) is 29.8 Å². The van der Waals surface area contributed by atoms with E-state index in [1.807, 2.05) is 0 Å². The predicted octanol–water partition coefficient (Wildman–Crippen LogP) is 3.85. The second-order valence-electron chi connectivity index (χ2n) is 6.97. The molecule has 1 heterocycles. The summed E-state index contributed by atoms with van der Waals surface area (Å²) < 4.78 is 0. The van der Waals surface area contributed by atoms with E-state index < -0.39 is 0 Å². The molecule has 2 atom stereocenters. The van der Waals surface area contributed by atoms with Crippen molar-refractivity contribution in [1.29, 1.82) is 0 Å². The third kappa shape index (κ3) is 3.17. The molecule has 0 radical (unpaired) electrons. The SMILES string of the molecule is CCCNC(C)C(C)(C)CN1c2ccccc2CC1C. The highest BCUT2D eigenvalue weighted by Gasteiger charge is 2.33. The summed E-state index contributed by atoms with van der Waals surface area (Å²) in [5.41, 5.74) is 3.21. The van der Waals surface area contributed by atoms with Gasteiger partial charge in [-0.25, -0.2) is 0 Å². The Morgan fingerprint density at radius 1 is 1.35 bits per heavy atom. The molecule has 2 heteroatoms. The van der Waals surface area contributed by atoms with Crippen LogP contribution in [0.25, 0.3) is 0 Å². The van der Waals surface area contributed by atoms with Gasteiger partial charge in [0.25, 0.3) is 0 Å². The molecule has 0 saturated carbocycles. The van der Waals surface area contributed by atoms with Gasteiger partial charge in [-0.1, -0.05) is 39.0 Å². The van der Waals surface area contributed by atoms with Crippen LogP contribution in [0.15, 0.2) is 24.3 Å². The molecule has 2 unspecified atom stereocenters. The third-order valence-electron chi connectivity index (χ3n) is 4.80. The van der Waals surface area contributed by atoms with Crippen molar-refractivity contribution in [3.63, 3.8) is 0 Å². The van der Waals surface area contributed by atoms with Crippen LogP contribution in [0.1, 0.15) is 46.6 Å². The molecule has 1 aromatic carbocycles. The molecule has 0 spiro atoms. The van der Waals surface area contributed by atoms with Crippen molar-refractivity contribution in [2.75, 3.05) is 18.0 Å². The third-order valence-corrected chi connectivity index (χ3v) is 4.80. The molecule has 0 aromatic heterocycles. The smallest absolute Gasteiger partial charge is 0.0402 e. The normalized spacial score (nSPS) is 20.1. The molecular weight excluding hydrogens is 244 g/mol. The number of hydrogen-bond acceptors (Lipinski definition) is 2. The van der Waals surface area contributed by atoms with Crippen molar-refractivity contribution in [1.82, 2.24) is 5.32 Å². The maximum atomic E-state index is 3.66. The lowest BCUT2D eigenvalue weighted by molar-refractivity contribution is 0.257. The highest BCUT2D eigenvalue weighted by molar-refractivity contribution is 5.59. The second-order valence-corrected chi connectivity index (χ2v) is 6.97. The largest absolute Gasteiger partial charge is 0.368 e. The van der Waals surface area contributed by atoms with Gasteiger partial charge in [0.1, 0.15) is 0 Å². The summed E-state index contributed by atoms with van der Waals surface area (Å²) in [7, 11) is 0. The predicted molar refractivity (Wildman–Crippen MR) is 88.5 cm³/mol. The maximum absolute atomic E-state index is 3.66. The van der Waals surface area contributed by atoms with Gasteiger partial charge in [0.15, 0.2) is 0 Å². The van der Waals surface area contributed by atoms with Crippen LogP contribution in [0, 0.1) is 5.41 Å². The van der Waals surface area contributed by atoms with Crippen molar-refractivity contribution in [3.8, 4) is 0 Å². The zero-order chi connectivity index (χ0) is 14.8. The summed E-state index contributed by atoms with van der Waals surface area (Å²) in [5, 5.41) is 3.66. The Labute approximate surface area is 124 Å². The van der Waals surface area contributed by atoms with E-state index in [4.69, 9.17) is 0 Å². The van der Waals surface area contributed by atoms with E-state index in [2.05, 4.69) is 69.1 Å². The molecule has 20 heavy (non-hydrogen) atoms. The number of nitrogens with zero attached hydrogens (tertiary/aromatic N) is 1. The summed E-state index contributed by atoms with van der Waals surface area (Å²) in [6.07, 6.45) is 2.38. The zero-order valence-electron chi connectivity index (χ0n) is 13.7. The van der Waals surface area contributed by atoms with E-state index in [9.17, 15) is 0 Å². The minimum atomic E-state index is 0.265. The molecule has 0 fully saturated rings. The van der Waals surface area contributed by atoms with Gasteiger partial charge < -0.3 is 10.2 Å². The van der Waals surface area contributed by atoms with Crippen LogP contribution in [0.3, 0.4) is 0 Å². The average molecular weight is 274 g/mol. The van der Waals surface area contributed by atoms with Crippen molar-refractivity contribution >= 4 is 5.69 Å². The van der Waals surface area contributed by atoms with Gasteiger partial charge in [-0.3, -0.25) is 0 Å². The summed E-state index contributed by atoms with van der Waals surface area (Å²) in [5.74, 6) is 0. The molecule has 2 nitrogen and oxygen atoms in total. The molecule has 0 aliphatic carbocycles. The summed E-state index contributed by atoms with van der Waals surface area (Å²) >= 11 is 0. The first-order valence-corrected chi connectivity index (χ1v) is 8.03. The second kappa shape index (κ2) is 6.17. The van der Waals surface area contributed by atoms with Gasteiger partial charge in [-0.15, -0.1) is 0 Å². The Balaban J connectivity index is 2.09.